The average molecular weight is 417 g/mol. The minimum Gasteiger partial charge on any atom is -0.337 e. The molecule has 1 amide bonds. The van der Waals surface area contributed by atoms with Crippen molar-refractivity contribution in [1.82, 2.24) is 9.62 Å². The van der Waals surface area contributed by atoms with Crippen LogP contribution in [0.4, 0.5) is 4.39 Å². The van der Waals surface area contributed by atoms with Crippen molar-refractivity contribution in [2.75, 3.05) is 13.6 Å². The van der Waals surface area contributed by atoms with Gasteiger partial charge in [0.15, 0.2) is 0 Å². The first-order valence-corrected chi connectivity index (χ1v) is 11.5. The first kappa shape index (κ1) is 20.0. The second-order valence-electron chi connectivity index (χ2n) is 7.85. The number of sulfonamides is 1. The van der Waals surface area contributed by atoms with E-state index in [9.17, 15) is 17.6 Å². The van der Waals surface area contributed by atoms with Crippen molar-refractivity contribution in [3.05, 3.63) is 65.0 Å². The summed E-state index contributed by atoms with van der Waals surface area (Å²) in [7, 11) is -2.16. The lowest BCUT2D eigenvalue weighted by Crippen LogP contribution is -2.48. The molecule has 0 bridgehead atoms. The third kappa shape index (κ3) is 3.36. The van der Waals surface area contributed by atoms with Crippen LogP contribution in [0.5, 0.6) is 0 Å². The number of benzene rings is 2. The summed E-state index contributed by atoms with van der Waals surface area (Å²) in [4.78, 5) is 15.7. The highest BCUT2D eigenvalue weighted by Gasteiger charge is 2.47. The highest BCUT2D eigenvalue weighted by atomic mass is 32.2. The zero-order valence-corrected chi connectivity index (χ0v) is 17.3. The summed E-state index contributed by atoms with van der Waals surface area (Å²) >= 11 is 0. The first-order valence-electron chi connectivity index (χ1n) is 9.98. The van der Waals surface area contributed by atoms with Crippen LogP contribution in [0.1, 0.15) is 42.4 Å². The zero-order chi connectivity index (χ0) is 20.6. The molecule has 0 saturated heterocycles. The van der Waals surface area contributed by atoms with Gasteiger partial charge in [0.2, 0.25) is 15.9 Å². The molecule has 7 heteroatoms. The van der Waals surface area contributed by atoms with Crippen LogP contribution in [0.15, 0.2) is 47.4 Å². The molecule has 0 unspecified atom stereocenters. The predicted molar refractivity (Wildman–Crippen MR) is 108 cm³/mol. The molecule has 0 spiro atoms. The standard InChI is InChI=1S/C22H25FN2O3S/c1-24-29(27,28)20-10-6-7-16-15-25(14-11-17(16)20)21(26)22(12-4-5-13-22)18-8-2-3-9-19(18)23/h2-3,6-10,24H,4-5,11-15H2,1H3. The Bertz CT molecular complexity index is 1050. The van der Waals surface area contributed by atoms with E-state index in [0.717, 1.165) is 24.0 Å². The quantitative estimate of drug-likeness (QED) is 0.833. The molecule has 4 rings (SSSR count). The van der Waals surface area contributed by atoms with Gasteiger partial charge in [-0.3, -0.25) is 4.79 Å². The smallest absolute Gasteiger partial charge is 0.240 e. The van der Waals surface area contributed by atoms with Gasteiger partial charge in [0.1, 0.15) is 5.82 Å². The van der Waals surface area contributed by atoms with E-state index in [1.807, 2.05) is 6.07 Å². The molecule has 1 heterocycles. The minimum absolute atomic E-state index is 0.0485. The van der Waals surface area contributed by atoms with Crippen LogP contribution < -0.4 is 4.72 Å². The number of hydrogen-bond donors (Lipinski definition) is 1. The van der Waals surface area contributed by atoms with E-state index in [1.54, 1.807) is 35.2 Å². The predicted octanol–water partition coefficient (Wildman–Crippen LogP) is 3.13. The maximum absolute atomic E-state index is 14.6. The van der Waals surface area contributed by atoms with E-state index in [4.69, 9.17) is 0 Å². The van der Waals surface area contributed by atoms with Gasteiger partial charge in [-0.2, -0.15) is 0 Å². The van der Waals surface area contributed by atoms with Gasteiger partial charge in [0.25, 0.3) is 0 Å². The van der Waals surface area contributed by atoms with Crippen LogP contribution in [-0.4, -0.2) is 32.8 Å². The highest BCUT2D eigenvalue weighted by Crippen LogP contribution is 2.44. The molecule has 0 aromatic heterocycles. The topological polar surface area (TPSA) is 66.5 Å². The summed E-state index contributed by atoms with van der Waals surface area (Å²) in [5.41, 5.74) is 1.26. The molecule has 2 aromatic carbocycles. The lowest BCUT2D eigenvalue weighted by Gasteiger charge is -2.38. The second kappa shape index (κ2) is 7.54. The largest absolute Gasteiger partial charge is 0.337 e. The Hall–Kier alpha value is -2.25. The zero-order valence-electron chi connectivity index (χ0n) is 16.4. The van der Waals surface area contributed by atoms with Crippen molar-refractivity contribution in [2.45, 2.75) is 49.0 Å². The highest BCUT2D eigenvalue weighted by molar-refractivity contribution is 7.89. The maximum atomic E-state index is 14.6. The van der Waals surface area contributed by atoms with Gasteiger partial charge in [-0.15, -0.1) is 0 Å². The summed E-state index contributed by atoms with van der Waals surface area (Å²) in [5, 5.41) is 0. The van der Waals surface area contributed by atoms with Gasteiger partial charge < -0.3 is 4.90 Å². The van der Waals surface area contributed by atoms with E-state index in [-0.39, 0.29) is 16.6 Å². The van der Waals surface area contributed by atoms with Crippen molar-refractivity contribution in [3.63, 3.8) is 0 Å². The first-order chi connectivity index (χ1) is 13.9. The molecule has 5 nitrogen and oxygen atoms in total. The van der Waals surface area contributed by atoms with Crippen molar-refractivity contribution >= 4 is 15.9 Å². The van der Waals surface area contributed by atoms with Crippen LogP contribution >= 0.6 is 0 Å². The number of amides is 1. The van der Waals surface area contributed by atoms with Crippen LogP contribution in [-0.2, 0) is 33.2 Å². The van der Waals surface area contributed by atoms with Crippen LogP contribution in [0, 0.1) is 5.82 Å². The fourth-order valence-corrected chi connectivity index (χ4v) is 5.87. The van der Waals surface area contributed by atoms with E-state index in [1.165, 1.54) is 13.1 Å². The SMILES string of the molecule is CNS(=O)(=O)c1cccc2c1CCN(C(=O)C1(c3ccccc3F)CCCC1)C2. The monoisotopic (exact) mass is 416 g/mol. The Kier molecular flexibility index (Phi) is 5.21. The van der Waals surface area contributed by atoms with E-state index >= 15 is 0 Å². The average Bonchev–Trinajstić information content (AvgIpc) is 3.23. The van der Waals surface area contributed by atoms with Crippen LogP contribution in [0.2, 0.25) is 0 Å². The molecule has 1 aliphatic carbocycles. The van der Waals surface area contributed by atoms with Gasteiger partial charge in [0, 0.05) is 18.7 Å². The van der Waals surface area contributed by atoms with Crippen molar-refractivity contribution in [3.8, 4) is 0 Å². The number of carbonyl (C=O) groups is 1. The molecule has 0 radical (unpaired) electrons. The molecule has 0 atom stereocenters. The van der Waals surface area contributed by atoms with Gasteiger partial charge in [-0.25, -0.2) is 17.5 Å². The molecule has 1 saturated carbocycles. The molecule has 2 aromatic rings. The van der Waals surface area contributed by atoms with Crippen molar-refractivity contribution in [1.29, 1.82) is 0 Å². The van der Waals surface area contributed by atoms with E-state index < -0.39 is 15.4 Å². The number of halogens is 1. The number of hydrogen-bond acceptors (Lipinski definition) is 3. The Morgan fingerprint density at radius 2 is 1.83 bits per heavy atom. The van der Waals surface area contributed by atoms with Crippen LogP contribution in [0.25, 0.3) is 0 Å². The third-order valence-electron chi connectivity index (χ3n) is 6.32. The summed E-state index contributed by atoms with van der Waals surface area (Å²) < 4.78 is 41.7. The number of nitrogens with zero attached hydrogens (tertiary/aromatic N) is 1. The fourth-order valence-electron chi connectivity index (χ4n) is 4.84. The number of fused-ring (bicyclic) bond motifs is 1. The number of carbonyl (C=O) groups excluding carboxylic acids is 1. The van der Waals surface area contributed by atoms with Gasteiger partial charge in [-0.05, 0) is 49.6 Å². The van der Waals surface area contributed by atoms with Crippen LogP contribution in [0.3, 0.4) is 0 Å². The Morgan fingerprint density at radius 3 is 2.52 bits per heavy atom. The lowest BCUT2D eigenvalue weighted by atomic mass is 9.76. The van der Waals surface area contributed by atoms with Gasteiger partial charge in [-0.1, -0.05) is 43.2 Å². The van der Waals surface area contributed by atoms with Gasteiger partial charge >= 0.3 is 0 Å². The molecule has 1 fully saturated rings. The molecule has 29 heavy (non-hydrogen) atoms. The molecule has 154 valence electrons. The lowest BCUT2D eigenvalue weighted by molar-refractivity contribution is -0.138. The Balaban J connectivity index is 1.68. The number of nitrogens with one attached hydrogen (secondary N) is 1. The fraction of sp³-hybridized carbons (Fsp3) is 0.409. The Labute approximate surface area is 171 Å². The van der Waals surface area contributed by atoms with Crippen molar-refractivity contribution < 1.29 is 17.6 Å². The molecular weight excluding hydrogens is 391 g/mol. The molecular formula is C22H25FN2O3S. The maximum Gasteiger partial charge on any atom is 0.240 e. The normalized spacial score (nSPS) is 18.5. The van der Waals surface area contributed by atoms with Gasteiger partial charge in [0.05, 0.1) is 10.3 Å². The minimum atomic E-state index is -3.56. The molecule has 1 aliphatic heterocycles. The summed E-state index contributed by atoms with van der Waals surface area (Å²) in [6.07, 6.45) is 3.55. The molecule has 2 aliphatic rings. The summed E-state index contributed by atoms with van der Waals surface area (Å²) in [5.74, 6) is -0.379. The van der Waals surface area contributed by atoms with E-state index in [0.29, 0.717) is 37.9 Å². The summed E-state index contributed by atoms with van der Waals surface area (Å²) in [6, 6.07) is 11.8. The third-order valence-corrected chi connectivity index (χ3v) is 7.82. The Morgan fingerprint density at radius 1 is 1.10 bits per heavy atom. The number of rotatable bonds is 4. The molecule has 1 N–H and O–H groups in total. The second-order valence-corrected chi connectivity index (χ2v) is 9.70. The van der Waals surface area contributed by atoms with E-state index in [2.05, 4.69) is 4.72 Å². The van der Waals surface area contributed by atoms with Crippen molar-refractivity contribution in [2.24, 2.45) is 0 Å². The summed E-state index contributed by atoms with van der Waals surface area (Å²) in [6.45, 7) is 0.774.